The van der Waals surface area contributed by atoms with E-state index in [1.165, 1.54) is 0 Å². The normalized spacial score (nSPS) is 12.5. The lowest BCUT2D eigenvalue weighted by molar-refractivity contribution is -0.117. The summed E-state index contributed by atoms with van der Waals surface area (Å²) in [6.07, 6.45) is 0. The SMILES string of the molecule is CN(CC(=O)Nc1ccc(Cl)c(Cl)c1)Cc1ccc2c(c1)OCO2. The highest BCUT2D eigenvalue weighted by molar-refractivity contribution is 6.42. The molecule has 1 heterocycles. The van der Waals surface area contributed by atoms with Crippen LogP contribution >= 0.6 is 23.2 Å². The van der Waals surface area contributed by atoms with Crippen LogP contribution < -0.4 is 14.8 Å². The van der Waals surface area contributed by atoms with Crippen molar-refractivity contribution in [2.75, 3.05) is 25.7 Å². The summed E-state index contributed by atoms with van der Waals surface area (Å²) < 4.78 is 10.6. The Morgan fingerprint density at radius 3 is 2.71 bits per heavy atom. The quantitative estimate of drug-likeness (QED) is 0.874. The lowest BCUT2D eigenvalue weighted by atomic mass is 10.2. The van der Waals surface area contributed by atoms with Crippen molar-refractivity contribution in [2.24, 2.45) is 0 Å². The van der Waals surface area contributed by atoms with Crippen LogP contribution in [0.4, 0.5) is 5.69 Å². The van der Waals surface area contributed by atoms with E-state index in [0.29, 0.717) is 22.3 Å². The highest BCUT2D eigenvalue weighted by Crippen LogP contribution is 2.32. The summed E-state index contributed by atoms with van der Waals surface area (Å²) in [5, 5.41) is 3.66. The van der Waals surface area contributed by atoms with Crippen LogP contribution in [0.5, 0.6) is 11.5 Å². The van der Waals surface area contributed by atoms with Crippen LogP contribution in [0.15, 0.2) is 36.4 Å². The molecule has 0 radical (unpaired) electrons. The zero-order chi connectivity index (χ0) is 17.1. The maximum Gasteiger partial charge on any atom is 0.238 e. The number of carbonyl (C=O) groups is 1. The predicted octanol–water partition coefficient (Wildman–Crippen LogP) is 3.79. The van der Waals surface area contributed by atoms with Crippen molar-refractivity contribution in [1.29, 1.82) is 0 Å². The molecule has 0 saturated carbocycles. The molecule has 0 aliphatic carbocycles. The van der Waals surface area contributed by atoms with Gasteiger partial charge in [0.15, 0.2) is 11.5 Å². The van der Waals surface area contributed by atoms with Gasteiger partial charge in [-0.15, -0.1) is 0 Å². The number of likely N-dealkylation sites (N-methyl/N-ethyl adjacent to an activating group) is 1. The summed E-state index contributed by atoms with van der Waals surface area (Å²) in [7, 11) is 1.87. The Kier molecular flexibility index (Phi) is 5.14. The molecule has 0 unspecified atom stereocenters. The molecular formula is C17H16Cl2N2O3. The first-order valence-electron chi connectivity index (χ1n) is 7.33. The number of carbonyl (C=O) groups excluding carboxylic acids is 1. The van der Waals surface area contributed by atoms with E-state index in [9.17, 15) is 4.79 Å². The van der Waals surface area contributed by atoms with E-state index in [-0.39, 0.29) is 19.2 Å². The summed E-state index contributed by atoms with van der Waals surface area (Å²) >= 11 is 11.8. The summed E-state index contributed by atoms with van der Waals surface area (Å²) in [6, 6.07) is 10.7. The molecule has 126 valence electrons. The van der Waals surface area contributed by atoms with Crippen LogP contribution in [-0.2, 0) is 11.3 Å². The molecule has 2 aromatic carbocycles. The van der Waals surface area contributed by atoms with E-state index in [0.717, 1.165) is 17.1 Å². The molecule has 1 aliphatic rings. The van der Waals surface area contributed by atoms with Crippen LogP contribution in [-0.4, -0.2) is 31.2 Å². The van der Waals surface area contributed by atoms with Gasteiger partial charge in [-0.3, -0.25) is 9.69 Å². The maximum absolute atomic E-state index is 12.1. The molecule has 2 aromatic rings. The molecule has 1 N–H and O–H groups in total. The third-order valence-corrected chi connectivity index (χ3v) is 4.25. The summed E-state index contributed by atoms with van der Waals surface area (Å²) in [6.45, 7) is 1.11. The van der Waals surface area contributed by atoms with Gasteiger partial charge in [0.25, 0.3) is 0 Å². The second-order valence-electron chi connectivity index (χ2n) is 5.54. The molecule has 0 spiro atoms. The molecule has 0 saturated heterocycles. The van der Waals surface area contributed by atoms with Crippen molar-refractivity contribution in [2.45, 2.75) is 6.54 Å². The number of rotatable bonds is 5. The van der Waals surface area contributed by atoms with Crippen molar-refractivity contribution in [3.05, 3.63) is 52.0 Å². The van der Waals surface area contributed by atoms with Gasteiger partial charge in [0.05, 0.1) is 16.6 Å². The number of nitrogens with one attached hydrogen (secondary N) is 1. The third-order valence-electron chi connectivity index (χ3n) is 3.51. The van der Waals surface area contributed by atoms with Crippen LogP contribution in [0.25, 0.3) is 0 Å². The Bertz CT molecular complexity index is 767. The lowest BCUT2D eigenvalue weighted by Crippen LogP contribution is -2.29. The number of benzene rings is 2. The predicted molar refractivity (Wildman–Crippen MR) is 94.0 cm³/mol. The highest BCUT2D eigenvalue weighted by Gasteiger charge is 2.14. The van der Waals surface area contributed by atoms with Crippen LogP contribution in [0.2, 0.25) is 10.0 Å². The number of hydrogen-bond donors (Lipinski definition) is 1. The smallest absolute Gasteiger partial charge is 0.238 e. The Morgan fingerprint density at radius 1 is 1.12 bits per heavy atom. The molecule has 0 bridgehead atoms. The minimum atomic E-state index is -0.128. The van der Waals surface area contributed by atoms with Crippen LogP contribution in [0, 0.1) is 0 Å². The lowest BCUT2D eigenvalue weighted by Gasteiger charge is -2.16. The molecule has 0 atom stereocenters. The minimum absolute atomic E-state index is 0.128. The Labute approximate surface area is 150 Å². The highest BCUT2D eigenvalue weighted by atomic mass is 35.5. The maximum atomic E-state index is 12.1. The molecule has 3 rings (SSSR count). The van der Waals surface area contributed by atoms with Crippen molar-refractivity contribution < 1.29 is 14.3 Å². The number of amides is 1. The number of halogens is 2. The molecule has 1 aliphatic heterocycles. The Morgan fingerprint density at radius 2 is 1.92 bits per heavy atom. The van der Waals surface area contributed by atoms with E-state index >= 15 is 0 Å². The van der Waals surface area contributed by atoms with E-state index < -0.39 is 0 Å². The number of ether oxygens (including phenoxy) is 2. The Hall–Kier alpha value is -1.95. The van der Waals surface area contributed by atoms with E-state index in [4.69, 9.17) is 32.7 Å². The molecule has 7 heteroatoms. The monoisotopic (exact) mass is 366 g/mol. The van der Waals surface area contributed by atoms with Crippen molar-refractivity contribution in [1.82, 2.24) is 4.90 Å². The molecule has 0 fully saturated rings. The second kappa shape index (κ2) is 7.30. The van der Waals surface area contributed by atoms with E-state index in [1.807, 2.05) is 30.1 Å². The largest absolute Gasteiger partial charge is 0.454 e. The van der Waals surface area contributed by atoms with Crippen molar-refractivity contribution >= 4 is 34.8 Å². The molecule has 0 aromatic heterocycles. The second-order valence-corrected chi connectivity index (χ2v) is 6.35. The van der Waals surface area contributed by atoms with Gasteiger partial charge in [-0.1, -0.05) is 29.3 Å². The van der Waals surface area contributed by atoms with Gasteiger partial charge in [-0.05, 0) is 42.9 Å². The third kappa shape index (κ3) is 4.12. The molecule has 1 amide bonds. The first kappa shape index (κ1) is 16.9. The fraction of sp³-hybridized carbons (Fsp3) is 0.235. The van der Waals surface area contributed by atoms with Gasteiger partial charge < -0.3 is 14.8 Å². The number of nitrogens with zero attached hydrogens (tertiary/aromatic N) is 1. The van der Waals surface area contributed by atoms with Gasteiger partial charge in [-0.25, -0.2) is 0 Å². The Balaban J connectivity index is 1.55. The molecule has 24 heavy (non-hydrogen) atoms. The fourth-order valence-electron chi connectivity index (χ4n) is 2.43. The first-order valence-corrected chi connectivity index (χ1v) is 8.09. The van der Waals surface area contributed by atoms with E-state index in [2.05, 4.69) is 5.32 Å². The average molecular weight is 367 g/mol. The van der Waals surface area contributed by atoms with E-state index in [1.54, 1.807) is 18.2 Å². The minimum Gasteiger partial charge on any atom is -0.454 e. The van der Waals surface area contributed by atoms with Gasteiger partial charge >= 0.3 is 0 Å². The first-order chi connectivity index (χ1) is 11.5. The van der Waals surface area contributed by atoms with Crippen molar-refractivity contribution in [3.8, 4) is 11.5 Å². The van der Waals surface area contributed by atoms with Crippen LogP contribution in [0.1, 0.15) is 5.56 Å². The molecule has 5 nitrogen and oxygen atoms in total. The van der Waals surface area contributed by atoms with Gasteiger partial charge in [0.2, 0.25) is 12.7 Å². The van der Waals surface area contributed by atoms with Crippen molar-refractivity contribution in [3.63, 3.8) is 0 Å². The van der Waals surface area contributed by atoms with Gasteiger partial charge in [0, 0.05) is 12.2 Å². The average Bonchev–Trinajstić information content (AvgIpc) is 2.98. The number of hydrogen-bond acceptors (Lipinski definition) is 4. The number of fused-ring (bicyclic) bond motifs is 1. The van der Waals surface area contributed by atoms with Gasteiger partial charge in [-0.2, -0.15) is 0 Å². The summed E-state index contributed by atoms with van der Waals surface area (Å²) in [5.41, 5.74) is 1.66. The topological polar surface area (TPSA) is 50.8 Å². The zero-order valence-corrected chi connectivity index (χ0v) is 14.5. The summed E-state index contributed by atoms with van der Waals surface area (Å²) in [5.74, 6) is 1.36. The number of anilines is 1. The molecular weight excluding hydrogens is 351 g/mol. The summed E-state index contributed by atoms with van der Waals surface area (Å²) in [4.78, 5) is 14.0. The van der Waals surface area contributed by atoms with Crippen LogP contribution in [0.3, 0.4) is 0 Å². The van der Waals surface area contributed by atoms with Gasteiger partial charge in [0.1, 0.15) is 0 Å². The fourth-order valence-corrected chi connectivity index (χ4v) is 2.72. The zero-order valence-electron chi connectivity index (χ0n) is 13.0. The standard InChI is InChI=1S/C17H16Cl2N2O3/c1-21(8-11-2-5-15-16(6-11)24-10-23-15)9-17(22)20-12-3-4-13(18)14(19)7-12/h2-7H,8-10H2,1H3,(H,20,22).